The lowest BCUT2D eigenvalue weighted by atomic mass is 9.85. The summed E-state index contributed by atoms with van der Waals surface area (Å²) in [6.07, 6.45) is 3.68. The molecule has 3 aromatic heterocycles. The van der Waals surface area contributed by atoms with Crippen LogP contribution in [0.2, 0.25) is 0 Å². The summed E-state index contributed by atoms with van der Waals surface area (Å²) in [7, 11) is 0. The van der Waals surface area contributed by atoms with Gasteiger partial charge in [0.05, 0.1) is 28.4 Å². The van der Waals surface area contributed by atoms with Crippen molar-refractivity contribution in [3.8, 4) is 34.6 Å². The Labute approximate surface area is 247 Å². The third-order valence-electron chi connectivity index (χ3n) is 7.68. The molecule has 0 aliphatic carbocycles. The largest absolute Gasteiger partial charge is 0.457 e. The van der Waals surface area contributed by atoms with Crippen LogP contribution in [0.4, 0.5) is 0 Å². The monoisotopic (exact) mass is 550 g/mol. The zero-order chi connectivity index (χ0) is 29.6. The van der Waals surface area contributed by atoms with E-state index in [2.05, 4.69) is 93.6 Å². The molecule has 0 N–H and O–H groups in total. The molecule has 0 aliphatic heterocycles. The van der Waals surface area contributed by atoms with E-state index < -0.39 is 0 Å². The predicted molar refractivity (Wildman–Crippen MR) is 170 cm³/mol. The van der Waals surface area contributed by atoms with Gasteiger partial charge in [-0.25, -0.2) is 4.98 Å². The predicted octanol–water partition coefficient (Wildman–Crippen LogP) is 9.50. The molecule has 0 fully saturated rings. The molecule has 0 spiro atoms. The van der Waals surface area contributed by atoms with Gasteiger partial charge in [0.1, 0.15) is 17.3 Å². The second kappa shape index (κ2) is 10.2. The van der Waals surface area contributed by atoms with Crippen molar-refractivity contribution in [3.05, 3.63) is 114 Å². The molecule has 3 aromatic carbocycles. The Morgan fingerprint density at radius 1 is 0.667 bits per heavy atom. The van der Waals surface area contributed by atoms with Crippen molar-refractivity contribution in [3.63, 3.8) is 0 Å². The number of benzene rings is 3. The zero-order valence-corrected chi connectivity index (χ0v) is 24.9. The van der Waals surface area contributed by atoms with Crippen LogP contribution in [-0.2, 0) is 10.8 Å². The van der Waals surface area contributed by atoms with Crippen molar-refractivity contribution in [2.75, 3.05) is 0 Å². The minimum absolute atomic E-state index is 0.0257. The molecule has 5 heteroatoms. The van der Waals surface area contributed by atoms with Crippen LogP contribution in [0.25, 0.3) is 38.9 Å². The van der Waals surface area contributed by atoms with Crippen LogP contribution in [-0.4, -0.2) is 14.5 Å². The highest BCUT2D eigenvalue weighted by molar-refractivity contribution is 6.10. The molecular weight excluding hydrogens is 516 g/mol. The lowest BCUT2D eigenvalue weighted by Crippen LogP contribution is -2.12. The van der Waals surface area contributed by atoms with Gasteiger partial charge in [0, 0.05) is 34.8 Å². The van der Waals surface area contributed by atoms with E-state index in [1.54, 1.807) is 0 Å². The molecule has 0 atom stereocenters. The Morgan fingerprint density at radius 3 is 2.19 bits per heavy atom. The van der Waals surface area contributed by atoms with Crippen LogP contribution in [0, 0.1) is 11.3 Å². The molecule has 0 radical (unpaired) electrons. The Kier molecular flexibility index (Phi) is 6.58. The molecule has 0 bridgehead atoms. The summed E-state index contributed by atoms with van der Waals surface area (Å²) in [5.74, 6) is 2.30. The maximum absolute atomic E-state index is 9.62. The first-order chi connectivity index (χ1) is 20.0. The number of aromatic nitrogens is 3. The molecule has 0 saturated carbocycles. The van der Waals surface area contributed by atoms with Gasteiger partial charge in [-0.05, 0) is 94.8 Å². The van der Waals surface area contributed by atoms with Gasteiger partial charge in [-0.2, -0.15) is 5.26 Å². The molecule has 3 heterocycles. The Bertz CT molecular complexity index is 1980. The number of fused-ring (bicyclic) bond motifs is 3. The smallest absolute Gasteiger partial charge is 0.137 e. The Morgan fingerprint density at radius 2 is 1.48 bits per heavy atom. The molecular formula is C37H34N4O. The molecule has 0 saturated heterocycles. The molecule has 0 unspecified atom stereocenters. The van der Waals surface area contributed by atoms with E-state index in [4.69, 9.17) is 9.72 Å². The molecule has 6 aromatic rings. The van der Waals surface area contributed by atoms with Crippen LogP contribution in [0.5, 0.6) is 11.5 Å². The van der Waals surface area contributed by atoms with Crippen molar-refractivity contribution in [2.24, 2.45) is 0 Å². The highest BCUT2D eigenvalue weighted by Crippen LogP contribution is 2.38. The topological polar surface area (TPSA) is 63.7 Å². The number of ether oxygens (including phenoxy) is 1. The maximum atomic E-state index is 9.62. The second-order valence-electron chi connectivity index (χ2n) is 12.8. The van der Waals surface area contributed by atoms with Crippen molar-refractivity contribution in [1.82, 2.24) is 14.5 Å². The van der Waals surface area contributed by atoms with Crippen molar-refractivity contribution in [1.29, 1.82) is 5.26 Å². The highest BCUT2D eigenvalue weighted by atomic mass is 16.5. The third-order valence-corrected chi connectivity index (χ3v) is 7.68. The Hall–Kier alpha value is -4.95. The SMILES string of the molecule is CC(C)(C)c1cc(Oc2ccc3c4cc(C#N)ccc4n(-c4cc(C(C)(C)C)ccn4)c3c2)cc(-c2ccccn2)c1. The van der Waals surface area contributed by atoms with E-state index >= 15 is 0 Å². The summed E-state index contributed by atoms with van der Waals surface area (Å²) < 4.78 is 8.75. The van der Waals surface area contributed by atoms with Crippen molar-refractivity contribution in [2.45, 2.75) is 52.4 Å². The van der Waals surface area contributed by atoms with Crippen LogP contribution in [0.15, 0.2) is 97.3 Å². The Balaban J connectivity index is 1.53. The fourth-order valence-electron chi connectivity index (χ4n) is 5.30. The maximum Gasteiger partial charge on any atom is 0.137 e. The van der Waals surface area contributed by atoms with Crippen molar-refractivity contribution >= 4 is 21.8 Å². The number of pyridine rings is 2. The van der Waals surface area contributed by atoms with E-state index in [1.807, 2.05) is 60.9 Å². The first-order valence-corrected chi connectivity index (χ1v) is 14.2. The summed E-state index contributed by atoms with van der Waals surface area (Å²) in [6, 6.07) is 30.8. The lowest BCUT2D eigenvalue weighted by Gasteiger charge is -2.21. The van der Waals surface area contributed by atoms with Crippen LogP contribution >= 0.6 is 0 Å². The third kappa shape index (κ3) is 5.12. The van der Waals surface area contributed by atoms with Gasteiger partial charge in [0.25, 0.3) is 0 Å². The van der Waals surface area contributed by atoms with Gasteiger partial charge >= 0.3 is 0 Å². The normalized spacial score (nSPS) is 12.0. The average molecular weight is 551 g/mol. The number of hydrogen-bond donors (Lipinski definition) is 0. The summed E-state index contributed by atoms with van der Waals surface area (Å²) in [5, 5.41) is 11.7. The summed E-state index contributed by atoms with van der Waals surface area (Å²) >= 11 is 0. The first kappa shape index (κ1) is 27.2. The summed E-state index contributed by atoms with van der Waals surface area (Å²) in [4.78, 5) is 9.37. The fourth-order valence-corrected chi connectivity index (χ4v) is 5.30. The van der Waals surface area contributed by atoms with Gasteiger partial charge in [0.15, 0.2) is 0 Å². The van der Waals surface area contributed by atoms with E-state index in [1.165, 1.54) is 11.1 Å². The highest BCUT2D eigenvalue weighted by Gasteiger charge is 2.20. The van der Waals surface area contributed by atoms with Crippen LogP contribution in [0.3, 0.4) is 0 Å². The van der Waals surface area contributed by atoms with Gasteiger partial charge in [-0.15, -0.1) is 0 Å². The summed E-state index contributed by atoms with van der Waals surface area (Å²) in [5.41, 5.74) is 6.78. The van der Waals surface area contributed by atoms with Gasteiger partial charge in [-0.3, -0.25) is 9.55 Å². The molecule has 208 valence electrons. The van der Waals surface area contributed by atoms with E-state index in [9.17, 15) is 5.26 Å². The molecule has 0 amide bonds. The average Bonchev–Trinajstić information content (AvgIpc) is 3.29. The molecule has 6 rings (SSSR count). The summed E-state index contributed by atoms with van der Waals surface area (Å²) in [6.45, 7) is 13.2. The van der Waals surface area contributed by atoms with Gasteiger partial charge in [-0.1, -0.05) is 47.6 Å². The lowest BCUT2D eigenvalue weighted by molar-refractivity contribution is 0.479. The molecule has 5 nitrogen and oxygen atoms in total. The first-order valence-electron chi connectivity index (χ1n) is 14.2. The van der Waals surface area contributed by atoms with Crippen molar-refractivity contribution < 1.29 is 4.74 Å². The van der Waals surface area contributed by atoms with Crippen LogP contribution < -0.4 is 4.74 Å². The molecule has 42 heavy (non-hydrogen) atoms. The number of rotatable bonds is 4. The van der Waals surface area contributed by atoms with E-state index in [0.29, 0.717) is 5.56 Å². The van der Waals surface area contributed by atoms with E-state index in [-0.39, 0.29) is 10.8 Å². The number of nitriles is 1. The number of hydrogen-bond acceptors (Lipinski definition) is 4. The minimum atomic E-state index is -0.0680. The van der Waals surface area contributed by atoms with Crippen LogP contribution in [0.1, 0.15) is 58.2 Å². The standard InChI is InChI=1S/C37H34N4O/c1-36(2,3)26-14-16-40-35(21-26)41-33-13-10-24(23-38)17-31(33)30-12-11-28(22-34(30)41)42-29-19-25(32-9-7-8-15-39-32)18-27(20-29)37(4,5)6/h7-22H,1-6H3. The minimum Gasteiger partial charge on any atom is -0.457 e. The van der Waals surface area contributed by atoms with E-state index in [0.717, 1.165) is 50.4 Å². The van der Waals surface area contributed by atoms with Gasteiger partial charge in [0.2, 0.25) is 0 Å². The number of nitrogens with zero attached hydrogens (tertiary/aromatic N) is 4. The quantitative estimate of drug-likeness (QED) is 0.219. The zero-order valence-electron chi connectivity index (χ0n) is 24.9. The fraction of sp³-hybridized carbons (Fsp3) is 0.216. The van der Waals surface area contributed by atoms with Gasteiger partial charge < -0.3 is 4.74 Å². The second-order valence-corrected chi connectivity index (χ2v) is 12.8. The molecule has 0 aliphatic rings.